The smallest absolute Gasteiger partial charge is 0.0818 e. The third kappa shape index (κ3) is 3.59. The summed E-state index contributed by atoms with van der Waals surface area (Å²) in [5.41, 5.74) is 4.46. The van der Waals surface area contributed by atoms with Gasteiger partial charge in [0.15, 0.2) is 0 Å². The summed E-state index contributed by atoms with van der Waals surface area (Å²) in [7, 11) is 2.11. The second-order valence-electron chi connectivity index (χ2n) is 6.52. The summed E-state index contributed by atoms with van der Waals surface area (Å²) >= 11 is 0. The van der Waals surface area contributed by atoms with E-state index in [1.807, 2.05) is 6.21 Å². The normalized spacial score (nSPS) is 12.2. The van der Waals surface area contributed by atoms with Crippen LogP contribution < -0.4 is 0 Å². The van der Waals surface area contributed by atoms with Crippen molar-refractivity contribution in [3.05, 3.63) is 41.7 Å². The van der Waals surface area contributed by atoms with E-state index < -0.39 is 0 Å². The number of aromatic nitrogens is 2. The van der Waals surface area contributed by atoms with Crippen molar-refractivity contribution >= 4 is 28.0 Å². The third-order valence-electron chi connectivity index (χ3n) is 4.96. The molecule has 2 heterocycles. The fraction of sp³-hybridized carbons (Fsp3) is 0.429. The fourth-order valence-electron chi connectivity index (χ4n) is 3.58. The van der Waals surface area contributed by atoms with Crippen molar-refractivity contribution in [1.82, 2.24) is 14.5 Å². The van der Waals surface area contributed by atoms with E-state index in [1.165, 1.54) is 21.8 Å². The number of aliphatic imine (C=N–C) groups is 1. The molecule has 0 aliphatic rings. The lowest BCUT2D eigenvalue weighted by Crippen LogP contribution is -2.24. The molecule has 3 rings (SSSR count). The lowest BCUT2D eigenvalue weighted by Gasteiger charge is -2.16. The Hall–Kier alpha value is -2.20. The number of aryl methyl sites for hydroxylation is 2. The van der Waals surface area contributed by atoms with E-state index in [1.54, 1.807) is 0 Å². The Labute approximate surface area is 150 Å². The molecule has 0 saturated heterocycles. The average Bonchev–Trinajstić information content (AvgIpc) is 2.92. The summed E-state index contributed by atoms with van der Waals surface area (Å²) in [6, 6.07) is 10.7. The van der Waals surface area contributed by atoms with Gasteiger partial charge in [-0.3, -0.25) is 4.99 Å². The van der Waals surface area contributed by atoms with Crippen LogP contribution in [0.5, 0.6) is 0 Å². The number of hydrogen-bond acceptors (Lipinski definition) is 3. The molecule has 3 aromatic rings. The molecule has 4 heteroatoms. The van der Waals surface area contributed by atoms with Crippen molar-refractivity contribution in [2.45, 2.75) is 27.2 Å². The number of hydrogen-bond donors (Lipinski definition) is 0. The molecule has 0 aliphatic carbocycles. The number of nitrogens with zero attached hydrogens (tertiary/aromatic N) is 4. The average molecular weight is 336 g/mol. The molecule has 0 amide bonds. The van der Waals surface area contributed by atoms with Crippen molar-refractivity contribution in [3.8, 4) is 0 Å². The zero-order chi connectivity index (χ0) is 17.8. The monoisotopic (exact) mass is 336 g/mol. The summed E-state index contributed by atoms with van der Waals surface area (Å²) < 4.78 is 2.23. The first kappa shape index (κ1) is 17.6. The van der Waals surface area contributed by atoms with Gasteiger partial charge in [0.05, 0.1) is 16.9 Å². The molecule has 4 nitrogen and oxygen atoms in total. The van der Waals surface area contributed by atoms with E-state index in [0.717, 1.165) is 44.0 Å². The highest BCUT2D eigenvalue weighted by Crippen LogP contribution is 2.29. The fourth-order valence-corrected chi connectivity index (χ4v) is 3.58. The standard InChI is InChI=1S/C21H28N4/c1-5-25(6-2)13-9-12-22-15-17-14-19-18-10-7-8-11-20(18)24(4)21(19)16(3)23-17/h7-8,10-11,14-15H,5-6,9,12-13H2,1-4H3. The lowest BCUT2D eigenvalue weighted by atomic mass is 10.1. The van der Waals surface area contributed by atoms with E-state index in [0.29, 0.717) is 0 Å². The second kappa shape index (κ2) is 7.79. The lowest BCUT2D eigenvalue weighted by molar-refractivity contribution is 0.302. The van der Waals surface area contributed by atoms with Gasteiger partial charge in [-0.2, -0.15) is 0 Å². The quantitative estimate of drug-likeness (QED) is 0.479. The summed E-state index contributed by atoms with van der Waals surface area (Å²) in [6.07, 6.45) is 3.02. The van der Waals surface area contributed by atoms with Crippen LogP contribution in [0, 0.1) is 6.92 Å². The van der Waals surface area contributed by atoms with Crippen LogP contribution in [0.3, 0.4) is 0 Å². The van der Waals surface area contributed by atoms with Crippen molar-refractivity contribution in [2.24, 2.45) is 12.0 Å². The first-order valence-corrected chi connectivity index (χ1v) is 9.22. The minimum atomic E-state index is 0.852. The molecular weight excluding hydrogens is 308 g/mol. The van der Waals surface area contributed by atoms with Gasteiger partial charge < -0.3 is 9.47 Å². The van der Waals surface area contributed by atoms with Crippen LogP contribution in [0.2, 0.25) is 0 Å². The first-order valence-electron chi connectivity index (χ1n) is 9.22. The Bertz CT molecular complexity index is 888. The molecule has 0 radical (unpaired) electrons. The molecule has 2 aromatic heterocycles. The van der Waals surface area contributed by atoms with Gasteiger partial charge in [0.2, 0.25) is 0 Å². The molecule has 0 N–H and O–H groups in total. The molecule has 0 atom stereocenters. The van der Waals surface area contributed by atoms with Crippen LogP contribution in [-0.4, -0.2) is 46.8 Å². The van der Waals surface area contributed by atoms with Gasteiger partial charge in [-0.1, -0.05) is 32.0 Å². The number of fused-ring (bicyclic) bond motifs is 3. The molecule has 132 valence electrons. The van der Waals surface area contributed by atoms with Crippen LogP contribution in [0.1, 0.15) is 31.7 Å². The predicted molar refractivity (Wildman–Crippen MR) is 108 cm³/mol. The summed E-state index contributed by atoms with van der Waals surface area (Å²) in [5, 5.41) is 2.54. The number of rotatable bonds is 7. The van der Waals surface area contributed by atoms with Gasteiger partial charge in [-0.15, -0.1) is 0 Å². The topological polar surface area (TPSA) is 33.4 Å². The molecule has 0 unspecified atom stereocenters. The Morgan fingerprint density at radius 3 is 2.68 bits per heavy atom. The summed E-state index contributed by atoms with van der Waals surface area (Å²) in [5.74, 6) is 0. The van der Waals surface area contributed by atoms with Gasteiger partial charge in [0.1, 0.15) is 0 Å². The van der Waals surface area contributed by atoms with Gasteiger partial charge >= 0.3 is 0 Å². The van der Waals surface area contributed by atoms with E-state index in [2.05, 4.69) is 72.6 Å². The van der Waals surface area contributed by atoms with Crippen molar-refractivity contribution in [3.63, 3.8) is 0 Å². The van der Waals surface area contributed by atoms with Crippen LogP contribution >= 0.6 is 0 Å². The predicted octanol–water partition coefficient (Wildman–Crippen LogP) is 4.19. The van der Waals surface area contributed by atoms with Crippen molar-refractivity contribution in [2.75, 3.05) is 26.2 Å². The Balaban J connectivity index is 1.81. The van der Waals surface area contributed by atoms with E-state index in [9.17, 15) is 0 Å². The zero-order valence-corrected chi connectivity index (χ0v) is 15.8. The molecule has 0 spiro atoms. The Kier molecular flexibility index (Phi) is 5.49. The van der Waals surface area contributed by atoms with Gasteiger partial charge in [0.25, 0.3) is 0 Å². The Morgan fingerprint density at radius 1 is 1.16 bits per heavy atom. The number of benzene rings is 1. The van der Waals surface area contributed by atoms with E-state index in [4.69, 9.17) is 4.98 Å². The Morgan fingerprint density at radius 2 is 1.92 bits per heavy atom. The minimum Gasteiger partial charge on any atom is -0.342 e. The zero-order valence-electron chi connectivity index (χ0n) is 15.8. The minimum absolute atomic E-state index is 0.852. The highest BCUT2D eigenvalue weighted by Gasteiger charge is 2.11. The van der Waals surface area contributed by atoms with Crippen LogP contribution in [0.4, 0.5) is 0 Å². The number of para-hydroxylation sites is 1. The summed E-state index contributed by atoms with van der Waals surface area (Å²) in [4.78, 5) is 11.8. The van der Waals surface area contributed by atoms with E-state index >= 15 is 0 Å². The molecule has 0 bridgehead atoms. The maximum Gasteiger partial charge on any atom is 0.0818 e. The van der Waals surface area contributed by atoms with Gasteiger partial charge in [-0.25, -0.2) is 4.98 Å². The van der Waals surface area contributed by atoms with Crippen LogP contribution in [-0.2, 0) is 7.05 Å². The van der Waals surface area contributed by atoms with Gasteiger partial charge in [0, 0.05) is 36.1 Å². The van der Waals surface area contributed by atoms with Crippen molar-refractivity contribution < 1.29 is 0 Å². The maximum absolute atomic E-state index is 4.74. The molecule has 0 fully saturated rings. The highest BCUT2D eigenvalue weighted by atomic mass is 15.1. The highest BCUT2D eigenvalue weighted by molar-refractivity contribution is 6.09. The van der Waals surface area contributed by atoms with Crippen LogP contribution in [0.15, 0.2) is 35.3 Å². The molecule has 1 aromatic carbocycles. The second-order valence-corrected chi connectivity index (χ2v) is 6.52. The van der Waals surface area contributed by atoms with E-state index in [-0.39, 0.29) is 0 Å². The maximum atomic E-state index is 4.74. The number of pyridine rings is 1. The van der Waals surface area contributed by atoms with Crippen LogP contribution in [0.25, 0.3) is 21.8 Å². The molecule has 0 aliphatic heterocycles. The molecule has 25 heavy (non-hydrogen) atoms. The SMILES string of the molecule is CCN(CC)CCCN=Cc1cc2c3ccccc3n(C)c2c(C)n1. The molecule has 0 saturated carbocycles. The molecular formula is C21H28N4. The third-order valence-corrected chi connectivity index (χ3v) is 4.96. The summed E-state index contributed by atoms with van der Waals surface area (Å²) in [6.45, 7) is 10.7. The first-order chi connectivity index (χ1) is 12.2. The largest absolute Gasteiger partial charge is 0.342 e. The van der Waals surface area contributed by atoms with Crippen molar-refractivity contribution in [1.29, 1.82) is 0 Å². The van der Waals surface area contributed by atoms with Gasteiger partial charge in [-0.05, 0) is 45.1 Å².